The van der Waals surface area contributed by atoms with Crippen molar-refractivity contribution in [2.75, 3.05) is 0 Å². The van der Waals surface area contributed by atoms with Gasteiger partial charge in [-0.25, -0.2) is 0 Å². The molecule has 0 radical (unpaired) electrons. The monoisotopic (exact) mass is 643 g/mol. The van der Waals surface area contributed by atoms with Crippen LogP contribution in [-0.4, -0.2) is 24.3 Å². The van der Waals surface area contributed by atoms with E-state index in [9.17, 15) is 0 Å². The number of fused-ring (bicyclic) bond motifs is 13. The van der Waals surface area contributed by atoms with Crippen LogP contribution in [0.25, 0.3) is 77.6 Å². The lowest BCUT2D eigenvalue weighted by atomic mass is 9.82. The molecule has 0 aliphatic heterocycles. The van der Waals surface area contributed by atoms with Crippen molar-refractivity contribution < 1.29 is 0 Å². The molecular weight excluding hydrogens is 611 g/mol. The third-order valence-electron chi connectivity index (χ3n) is 11.7. The van der Waals surface area contributed by atoms with Crippen molar-refractivity contribution in [3.63, 3.8) is 0 Å². The number of hydrogen-bond donors (Lipinski definition) is 0. The maximum absolute atomic E-state index is 4.96. The minimum atomic E-state index is -0.127. The number of aromatic nitrogens is 5. The van der Waals surface area contributed by atoms with Crippen LogP contribution in [0.2, 0.25) is 0 Å². The minimum Gasteiger partial charge on any atom is -0.306 e. The first-order valence-corrected chi connectivity index (χ1v) is 17.4. The maximum atomic E-state index is 4.96. The Morgan fingerprint density at radius 2 is 0.940 bits per heavy atom. The van der Waals surface area contributed by atoms with E-state index in [4.69, 9.17) is 15.2 Å². The molecule has 4 heterocycles. The summed E-state index contributed by atoms with van der Waals surface area (Å²) < 4.78 is 4.78. The van der Waals surface area contributed by atoms with Crippen LogP contribution in [0.4, 0.5) is 0 Å². The predicted molar refractivity (Wildman–Crippen MR) is 204 cm³/mol. The second-order valence-corrected chi connectivity index (χ2v) is 15.0. The van der Waals surface area contributed by atoms with Gasteiger partial charge in [-0.15, -0.1) is 10.2 Å². The molecule has 5 aromatic carbocycles. The fraction of sp³-hybridized carbons (Fsp3) is 0.133. The normalized spacial score (nSPS) is 15.1. The summed E-state index contributed by atoms with van der Waals surface area (Å²) in [6.45, 7) is 9.36. The summed E-state index contributed by atoms with van der Waals surface area (Å²) in [6.07, 6.45) is 1.86. The zero-order chi connectivity index (χ0) is 33.5. The second kappa shape index (κ2) is 9.33. The molecule has 0 spiro atoms. The first-order chi connectivity index (χ1) is 24.3. The van der Waals surface area contributed by atoms with Gasteiger partial charge in [0.1, 0.15) is 27.6 Å². The molecule has 2 aliphatic rings. The van der Waals surface area contributed by atoms with Crippen molar-refractivity contribution in [3.05, 3.63) is 150 Å². The zero-order valence-electron chi connectivity index (χ0n) is 28.4. The van der Waals surface area contributed by atoms with Crippen LogP contribution >= 0.6 is 0 Å². The van der Waals surface area contributed by atoms with E-state index in [1.165, 1.54) is 44.5 Å². The molecule has 11 rings (SSSR count). The molecule has 0 saturated heterocycles. The highest BCUT2D eigenvalue weighted by Gasteiger charge is 2.37. The van der Waals surface area contributed by atoms with E-state index < -0.39 is 0 Å². The molecule has 4 aromatic heterocycles. The SMILES string of the molecule is CC1(C)c2ccccc2-c2ccc(-n3c4ccccc4c4nnc5c6ncccc6n(-c6ccc7c(c6)C(C)(C)c6ccccc6-7)c5c43)cc21. The van der Waals surface area contributed by atoms with Gasteiger partial charge in [-0.05, 0) is 87.0 Å². The topological polar surface area (TPSA) is 48.5 Å². The van der Waals surface area contributed by atoms with Crippen LogP contribution < -0.4 is 0 Å². The molecular formula is C45H33N5. The van der Waals surface area contributed by atoms with Crippen LogP contribution in [0.15, 0.2) is 128 Å². The average molecular weight is 644 g/mol. The van der Waals surface area contributed by atoms with E-state index in [-0.39, 0.29) is 10.8 Å². The van der Waals surface area contributed by atoms with Gasteiger partial charge >= 0.3 is 0 Å². The molecule has 0 atom stereocenters. The third kappa shape index (κ3) is 3.34. The predicted octanol–water partition coefficient (Wildman–Crippen LogP) is 10.7. The minimum absolute atomic E-state index is 0.122. The van der Waals surface area contributed by atoms with Gasteiger partial charge in [0.15, 0.2) is 0 Å². The van der Waals surface area contributed by atoms with E-state index in [0.29, 0.717) is 0 Å². The quantitative estimate of drug-likeness (QED) is 0.188. The van der Waals surface area contributed by atoms with E-state index in [2.05, 4.69) is 152 Å². The third-order valence-corrected chi connectivity index (χ3v) is 11.7. The summed E-state index contributed by atoms with van der Waals surface area (Å²) in [7, 11) is 0. The Bertz CT molecular complexity index is 2740. The number of nitrogens with zero attached hydrogens (tertiary/aromatic N) is 5. The molecule has 9 aromatic rings. The molecule has 238 valence electrons. The molecule has 2 aliphatic carbocycles. The van der Waals surface area contributed by atoms with Crippen LogP contribution in [0.5, 0.6) is 0 Å². The number of pyridine rings is 1. The number of para-hydroxylation sites is 1. The van der Waals surface area contributed by atoms with Crippen molar-refractivity contribution in [2.45, 2.75) is 38.5 Å². The van der Waals surface area contributed by atoms with Gasteiger partial charge in [-0.1, -0.05) is 107 Å². The Hall–Kier alpha value is -6.07. The Kier molecular flexibility index (Phi) is 5.20. The van der Waals surface area contributed by atoms with Gasteiger partial charge in [-0.2, -0.15) is 0 Å². The fourth-order valence-corrected chi connectivity index (χ4v) is 9.25. The standard InChI is InChI=1S/C45H33N5/c1-44(2)33-15-8-5-12-28(33)30-21-19-26(24-35(30)44)49-37-17-10-7-14-32(37)39-42(49)43-41(48-47-39)40-38(18-11-23-46-40)50(43)27-20-22-31-29-13-6-9-16-34(29)45(3,4)36(31)25-27/h5-25H,1-4H3. The molecule has 5 heteroatoms. The van der Waals surface area contributed by atoms with Gasteiger partial charge in [0.05, 0.1) is 11.0 Å². The summed E-state index contributed by atoms with van der Waals surface area (Å²) >= 11 is 0. The van der Waals surface area contributed by atoms with E-state index in [1.807, 2.05) is 12.3 Å². The zero-order valence-corrected chi connectivity index (χ0v) is 28.4. The van der Waals surface area contributed by atoms with Crippen LogP contribution in [0, 0.1) is 0 Å². The van der Waals surface area contributed by atoms with Crippen molar-refractivity contribution in [3.8, 4) is 33.6 Å². The van der Waals surface area contributed by atoms with Crippen molar-refractivity contribution in [1.29, 1.82) is 0 Å². The Morgan fingerprint density at radius 3 is 1.60 bits per heavy atom. The highest BCUT2D eigenvalue weighted by atomic mass is 15.2. The lowest BCUT2D eigenvalue weighted by molar-refractivity contribution is 0.659. The molecule has 0 bridgehead atoms. The molecule has 0 unspecified atom stereocenters. The summed E-state index contributed by atoms with van der Waals surface area (Å²) in [4.78, 5) is 4.91. The maximum Gasteiger partial charge on any atom is 0.140 e. The highest BCUT2D eigenvalue weighted by molar-refractivity contribution is 6.20. The molecule has 50 heavy (non-hydrogen) atoms. The number of hydrogen-bond acceptors (Lipinski definition) is 3. The first-order valence-electron chi connectivity index (χ1n) is 17.4. The van der Waals surface area contributed by atoms with Crippen LogP contribution in [0.3, 0.4) is 0 Å². The van der Waals surface area contributed by atoms with Gasteiger partial charge in [0.25, 0.3) is 0 Å². The molecule has 0 saturated carbocycles. The van der Waals surface area contributed by atoms with Crippen molar-refractivity contribution in [1.82, 2.24) is 24.3 Å². The largest absolute Gasteiger partial charge is 0.306 e. The fourth-order valence-electron chi connectivity index (χ4n) is 9.25. The lowest BCUT2D eigenvalue weighted by Crippen LogP contribution is -2.15. The van der Waals surface area contributed by atoms with Crippen molar-refractivity contribution in [2.24, 2.45) is 0 Å². The number of rotatable bonds is 2. The molecule has 0 N–H and O–H groups in total. The van der Waals surface area contributed by atoms with Crippen LogP contribution in [0.1, 0.15) is 49.9 Å². The Morgan fingerprint density at radius 1 is 0.440 bits per heavy atom. The Balaban J connectivity index is 1.26. The van der Waals surface area contributed by atoms with E-state index in [1.54, 1.807) is 0 Å². The highest BCUT2D eigenvalue weighted by Crippen LogP contribution is 2.51. The summed E-state index contributed by atoms with van der Waals surface area (Å²) in [6, 6.07) is 44.3. The average Bonchev–Trinajstić information content (AvgIpc) is 3.81. The van der Waals surface area contributed by atoms with Crippen LogP contribution in [-0.2, 0) is 10.8 Å². The summed E-state index contributed by atoms with van der Waals surface area (Å²) in [5, 5.41) is 11.0. The summed E-state index contributed by atoms with van der Waals surface area (Å²) in [5.74, 6) is 0. The van der Waals surface area contributed by atoms with E-state index in [0.717, 1.165) is 55.4 Å². The smallest absolute Gasteiger partial charge is 0.140 e. The van der Waals surface area contributed by atoms with E-state index >= 15 is 0 Å². The lowest BCUT2D eigenvalue weighted by Gasteiger charge is -2.22. The molecule has 0 amide bonds. The van der Waals surface area contributed by atoms with Crippen molar-refractivity contribution >= 4 is 44.0 Å². The number of benzene rings is 5. The van der Waals surface area contributed by atoms with Gasteiger partial charge in [0.2, 0.25) is 0 Å². The van der Waals surface area contributed by atoms with Gasteiger partial charge < -0.3 is 9.13 Å². The van der Waals surface area contributed by atoms with Gasteiger partial charge in [-0.3, -0.25) is 4.98 Å². The molecule has 0 fully saturated rings. The Labute approximate surface area is 289 Å². The summed E-state index contributed by atoms with van der Waals surface area (Å²) in [5.41, 5.74) is 19.3. The first kappa shape index (κ1) is 27.8. The molecule has 5 nitrogen and oxygen atoms in total. The van der Waals surface area contributed by atoms with Gasteiger partial charge in [0, 0.05) is 33.8 Å². The second-order valence-electron chi connectivity index (χ2n) is 15.0.